The molecule has 0 bridgehead atoms. The molecule has 1 aliphatic heterocycles. The minimum absolute atomic E-state index is 0.206. The first-order valence-corrected chi connectivity index (χ1v) is 7.24. The van der Waals surface area contributed by atoms with Crippen molar-refractivity contribution in [1.82, 2.24) is 5.43 Å². The van der Waals surface area contributed by atoms with Crippen LogP contribution in [0.2, 0.25) is 10.0 Å². The Kier molecular flexibility index (Phi) is 5.42. The van der Waals surface area contributed by atoms with Crippen LogP contribution in [0.25, 0.3) is 0 Å². The van der Waals surface area contributed by atoms with Crippen molar-refractivity contribution in [1.29, 1.82) is 0 Å². The van der Waals surface area contributed by atoms with E-state index in [1.54, 1.807) is 19.1 Å². The number of rotatable bonds is 4. The van der Waals surface area contributed by atoms with E-state index in [2.05, 4.69) is 29.7 Å². The zero-order valence-corrected chi connectivity index (χ0v) is 13.5. The molecule has 0 spiro atoms. The van der Waals surface area contributed by atoms with Crippen LogP contribution < -0.4 is 15.4 Å². The second-order valence-corrected chi connectivity index (χ2v) is 5.62. The van der Waals surface area contributed by atoms with Crippen LogP contribution in [0.15, 0.2) is 29.4 Å². The van der Waals surface area contributed by atoms with Crippen LogP contribution in [-0.4, -0.2) is 26.1 Å². The Bertz CT molecular complexity index is 656. The summed E-state index contributed by atoms with van der Waals surface area (Å²) in [6.07, 6.45) is 0.306. The van der Waals surface area contributed by atoms with Gasteiger partial charge in [0, 0.05) is 0 Å². The molecule has 1 unspecified atom stereocenters. The van der Waals surface area contributed by atoms with Crippen molar-refractivity contribution in [3.8, 4) is 5.75 Å². The van der Waals surface area contributed by atoms with Crippen molar-refractivity contribution in [3.05, 3.63) is 34.3 Å². The van der Waals surface area contributed by atoms with Gasteiger partial charge in [0.1, 0.15) is 0 Å². The molecule has 22 heavy (non-hydrogen) atoms. The van der Waals surface area contributed by atoms with Gasteiger partial charge in [0.25, 0.3) is 0 Å². The van der Waals surface area contributed by atoms with E-state index in [0.29, 0.717) is 28.1 Å². The molecule has 112 valence electrons. The summed E-state index contributed by atoms with van der Waals surface area (Å²) in [6, 6.07) is 3.31. The van der Waals surface area contributed by atoms with Gasteiger partial charge >= 0.3 is 140 Å². The van der Waals surface area contributed by atoms with Crippen molar-refractivity contribution >= 4 is 55.0 Å². The number of hydrazone groups is 1. The van der Waals surface area contributed by atoms with Crippen LogP contribution in [0.1, 0.15) is 13.3 Å². The fourth-order valence-corrected chi connectivity index (χ4v) is 2.51. The van der Waals surface area contributed by atoms with E-state index in [4.69, 9.17) is 27.9 Å². The van der Waals surface area contributed by atoms with Gasteiger partial charge in [-0.1, -0.05) is 0 Å². The first-order chi connectivity index (χ1) is 10.4. The third-order valence-electron chi connectivity index (χ3n) is 3.07. The van der Waals surface area contributed by atoms with Gasteiger partial charge in [-0.3, -0.25) is 0 Å². The van der Waals surface area contributed by atoms with Gasteiger partial charge in [0.05, 0.1) is 0 Å². The number of halogens is 2. The monoisotopic (exact) mass is 335 g/mol. The topological polar surface area (TPSA) is 62.7 Å². The van der Waals surface area contributed by atoms with Gasteiger partial charge in [-0.2, -0.15) is 0 Å². The first-order valence-electron chi connectivity index (χ1n) is 6.48. The van der Waals surface area contributed by atoms with Crippen molar-refractivity contribution in [2.75, 3.05) is 5.23 Å². The molecular weight excluding hydrogens is 323 g/mol. The van der Waals surface area contributed by atoms with Crippen LogP contribution in [0.4, 0.5) is 5.69 Å². The van der Waals surface area contributed by atoms with Crippen molar-refractivity contribution in [3.63, 3.8) is 0 Å². The average molecular weight is 336 g/mol. The fraction of sp³-hybridized carbons (Fsp3) is 0.231. The zero-order valence-electron chi connectivity index (χ0n) is 12.0. The van der Waals surface area contributed by atoms with E-state index < -0.39 is 0 Å². The summed E-state index contributed by atoms with van der Waals surface area (Å²) in [6.45, 7) is 7.09. The van der Waals surface area contributed by atoms with E-state index in [1.807, 2.05) is 0 Å². The number of ether oxygens (including phenoxy) is 1. The number of hydrogen-bond donors (Lipinski definition) is 2. The van der Waals surface area contributed by atoms with E-state index in [1.165, 1.54) is 6.94 Å². The van der Waals surface area contributed by atoms with Crippen molar-refractivity contribution in [2.24, 2.45) is 11.0 Å². The summed E-state index contributed by atoms with van der Waals surface area (Å²) in [5.74, 6) is 0.0171. The molecule has 1 amide bonds. The number of anilines is 1. The van der Waals surface area contributed by atoms with Crippen LogP contribution in [-0.2, 0) is 4.79 Å². The van der Waals surface area contributed by atoms with E-state index in [0.717, 1.165) is 5.57 Å². The fourth-order valence-electron chi connectivity index (χ4n) is 1.95. The van der Waals surface area contributed by atoms with Crippen LogP contribution in [0.3, 0.4) is 0 Å². The Balaban J connectivity index is 2.22. The van der Waals surface area contributed by atoms with Crippen molar-refractivity contribution < 1.29 is 9.53 Å². The Morgan fingerprint density at radius 3 is 2.73 bits per heavy atom. The quantitative estimate of drug-likeness (QED) is 0.655. The molecule has 1 aromatic rings. The summed E-state index contributed by atoms with van der Waals surface area (Å²) in [5, 5.41) is 7.42. The normalized spacial score (nSPS) is 17.1. The zero-order chi connectivity index (χ0) is 16.3. The second-order valence-electron chi connectivity index (χ2n) is 4.80. The van der Waals surface area contributed by atoms with Gasteiger partial charge in [0.2, 0.25) is 0 Å². The molecule has 2 rings (SSSR count). The summed E-state index contributed by atoms with van der Waals surface area (Å²) in [7, 11) is 3.57. The average Bonchev–Trinajstić information content (AvgIpc) is 2.44. The Labute approximate surface area is 140 Å². The van der Waals surface area contributed by atoms with E-state index >= 15 is 0 Å². The molecule has 0 aliphatic carbocycles. The third-order valence-corrected chi connectivity index (χ3v) is 3.63. The SMILES string of the molecule is B=BNc1cc(Cl)c(OC2=NNC(=O)C(C(=C)C)C2)c(Cl)c1. The van der Waals surface area contributed by atoms with Gasteiger partial charge in [0.15, 0.2) is 0 Å². The third kappa shape index (κ3) is 3.78. The van der Waals surface area contributed by atoms with Gasteiger partial charge in [-0.05, 0) is 0 Å². The Morgan fingerprint density at radius 2 is 2.18 bits per heavy atom. The van der Waals surface area contributed by atoms with Gasteiger partial charge < -0.3 is 0 Å². The molecule has 1 aliphatic rings. The number of benzene rings is 1. The van der Waals surface area contributed by atoms with E-state index in [9.17, 15) is 4.79 Å². The molecule has 0 fully saturated rings. The number of carbonyl (C=O) groups excluding carboxylic acids is 1. The maximum absolute atomic E-state index is 11.7. The van der Waals surface area contributed by atoms with E-state index in [-0.39, 0.29) is 17.6 Å². The molecule has 0 saturated heterocycles. The first kappa shape index (κ1) is 16.8. The number of nitrogens with one attached hydrogen (secondary N) is 2. The molecule has 2 N–H and O–H groups in total. The number of amides is 1. The van der Waals surface area contributed by atoms with Crippen molar-refractivity contribution in [2.45, 2.75) is 13.3 Å². The summed E-state index contributed by atoms with van der Waals surface area (Å²) in [5.41, 5.74) is 3.83. The molecule has 0 saturated carbocycles. The van der Waals surface area contributed by atoms with Gasteiger partial charge in [-0.15, -0.1) is 0 Å². The molecule has 1 heterocycles. The predicted molar refractivity (Wildman–Crippen MR) is 92.1 cm³/mol. The van der Waals surface area contributed by atoms with Crippen LogP contribution >= 0.6 is 23.2 Å². The molecule has 0 aromatic heterocycles. The maximum atomic E-state index is 11.7. The summed E-state index contributed by atoms with van der Waals surface area (Å²) >= 11 is 12.3. The Morgan fingerprint density at radius 1 is 1.55 bits per heavy atom. The minimum atomic E-state index is -0.383. The molecular formula is C13H13B2Cl2N3O2. The predicted octanol–water partition coefficient (Wildman–Crippen LogP) is 2.24. The number of nitrogens with zero attached hydrogens (tertiary/aromatic N) is 1. The van der Waals surface area contributed by atoms with Crippen LogP contribution in [0.5, 0.6) is 5.75 Å². The molecule has 9 heteroatoms. The molecule has 1 aromatic carbocycles. The second kappa shape index (κ2) is 7.11. The Hall–Kier alpha value is -1.59. The molecule has 1 atom stereocenters. The molecule has 0 radical (unpaired) electrons. The van der Waals surface area contributed by atoms with Gasteiger partial charge in [-0.25, -0.2) is 0 Å². The number of carbonyl (C=O) groups is 1. The summed E-state index contributed by atoms with van der Waals surface area (Å²) in [4.78, 5) is 11.7. The standard InChI is InChI=1S/C13H13B2Cl2N3O2/c1-6(2)8-5-11(19-20-13(8)21)22-12-9(16)3-7(18-15-14)4-10(12)17/h3-4,8,14,18H,1,5H2,2H3,(H,20,21). The summed E-state index contributed by atoms with van der Waals surface area (Å²) < 4.78 is 5.66. The molecule has 5 nitrogen and oxygen atoms in total. The van der Waals surface area contributed by atoms with Crippen LogP contribution in [0, 0.1) is 5.92 Å². The number of hydrogen-bond acceptors (Lipinski definition) is 4.